The molecule has 3 aromatic rings. The zero-order chi connectivity index (χ0) is 25.9. The topological polar surface area (TPSA) is 123 Å². The number of hydrogen-bond donors (Lipinski definition) is 4. The number of aliphatic hydroxyl groups excluding tert-OH is 1. The normalized spacial score (nSPS) is 12.5. The second-order valence-electron chi connectivity index (χ2n) is 7.86. The van der Waals surface area contributed by atoms with Crippen molar-refractivity contribution in [3.8, 4) is 5.75 Å². The maximum Gasteiger partial charge on any atom is 0.412 e. The summed E-state index contributed by atoms with van der Waals surface area (Å²) in [5, 5.41) is 14.6. The first kappa shape index (κ1) is 26.8. The highest BCUT2D eigenvalue weighted by Crippen LogP contribution is 2.34. The molecule has 0 aliphatic rings. The monoisotopic (exact) mass is 553 g/mol. The molecule has 0 aliphatic heterocycles. The number of ether oxygens (including phenoxy) is 2. The van der Waals surface area contributed by atoms with Crippen LogP contribution in [0.2, 0.25) is 0 Å². The van der Waals surface area contributed by atoms with E-state index >= 15 is 0 Å². The highest BCUT2D eigenvalue weighted by Gasteiger charge is 2.26. The van der Waals surface area contributed by atoms with Crippen LogP contribution in [0.1, 0.15) is 18.6 Å². The Bertz CT molecular complexity index is 1200. The summed E-state index contributed by atoms with van der Waals surface area (Å²) < 4.78 is 12.4. The summed E-state index contributed by atoms with van der Waals surface area (Å²) in [5.74, 6) is -0.323. The Hall–Kier alpha value is -3.82. The third-order valence-corrected chi connectivity index (χ3v) is 5.68. The van der Waals surface area contributed by atoms with E-state index in [1.54, 1.807) is 78.9 Å². The van der Waals surface area contributed by atoms with E-state index in [1.165, 1.54) is 6.08 Å². The molecule has 5 N–H and O–H groups in total. The molecule has 0 spiro atoms. The maximum atomic E-state index is 12.8. The summed E-state index contributed by atoms with van der Waals surface area (Å²) in [6.07, 6.45) is 1.56. The second-order valence-corrected chi connectivity index (χ2v) is 8.78. The molecule has 3 rings (SSSR count). The fraction of sp³-hybridized carbons (Fsp3) is 0.185. The first-order valence-corrected chi connectivity index (χ1v) is 12.1. The zero-order valence-corrected chi connectivity index (χ0v) is 21.3. The highest BCUT2D eigenvalue weighted by atomic mass is 79.9. The number of carbonyl (C=O) groups excluding carboxylic acids is 2. The van der Waals surface area contributed by atoms with Gasteiger partial charge >= 0.3 is 6.09 Å². The highest BCUT2D eigenvalue weighted by molar-refractivity contribution is 9.10. The molecule has 9 heteroatoms. The van der Waals surface area contributed by atoms with Crippen molar-refractivity contribution >= 4 is 45.0 Å². The predicted octanol–water partition coefficient (Wildman–Crippen LogP) is 5.52. The lowest BCUT2D eigenvalue weighted by Gasteiger charge is -2.25. The van der Waals surface area contributed by atoms with Gasteiger partial charge in [-0.2, -0.15) is 0 Å². The SMILES string of the molecule is C[C@@H](/C=C/C(=O)Nc1ccccc1N)[C@H](OC(=O)Nc1ccc(Br)cc1)c1ccccc1OCCO. The molecule has 0 unspecified atom stereocenters. The molecule has 0 heterocycles. The van der Waals surface area contributed by atoms with Crippen molar-refractivity contribution in [1.29, 1.82) is 0 Å². The molecule has 0 aromatic heterocycles. The van der Waals surface area contributed by atoms with E-state index in [9.17, 15) is 14.7 Å². The van der Waals surface area contributed by atoms with Crippen molar-refractivity contribution in [3.63, 3.8) is 0 Å². The van der Waals surface area contributed by atoms with E-state index in [2.05, 4.69) is 26.6 Å². The Balaban J connectivity index is 1.80. The second kappa shape index (κ2) is 13.3. The lowest BCUT2D eigenvalue weighted by Crippen LogP contribution is -2.22. The van der Waals surface area contributed by atoms with Crippen LogP contribution >= 0.6 is 15.9 Å². The van der Waals surface area contributed by atoms with Gasteiger partial charge in [-0.05, 0) is 48.5 Å². The van der Waals surface area contributed by atoms with Crippen LogP contribution in [0.5, 0.6) is 5.75 Å². The van der Waals surface area contributed by atoms with Gasteiger partial charge in [-0.1, -0.05) is 59.3 Å². The lowest BCUT2D eigenvalue weighted by atomic mass is 9.95. The van der Waals surface area contributed by atoms with Crippen LogP contribution in [-0.4, -0.2) is 30.3 Å². The van der Waals surface area contributed by atoms with Crippen molar-refractivity contribution in [2.75, 3.05) is 29.6 Å². The summed E-state index contributed by atoms with van der Waals surface area (Å²) in [6.45, 7) is 1.74. The van der Waals surface area contributed by atoms with Crippen molar-refractivity contribution in [2.24, 2.45) is 5.92 Å². The van der Waals surface area contributed by atoms with Crippen LogP contribution in [0, 0.1) is 5.92 Å². The van der Waals surface area contributed by atoms with E-state index in [4.69, 9.17) is 15.2 Å². The zero-order valence-electron chi connectivity index (χ0n) is 19.7. The summed E-state index contributed by atoms with van der Waals surface area (Å²) in [4.78, 5) is 25.3. The van der Waals surface area contributed by atoms with Gasteiger partial charge < -0.3 is 25.6 Å². The number of hydrogen-bond acceptors (Lipinski definition) is 6. The number of rotatable bonds is 10. The van der Waals surface area contributed by atoms with Crippen LogP contribution in [-0.2, 0) is 9.53 Å². The molecule has 0 saturated heterocycles. The molecule has 36 heavy (non-hydrogen) atoms. The Morgan fingerprint density at radius 3 is 2.44 bits per heavy atom. The number of carbonyl (C=O) groups is 2. The smallest absolute Gasteiger partial charge is 0.412 e. The first-order valence-electron chi connectivity index (χ1n) is 11.3. The van der Waals surface area contributed by atoms with Gasteiger partial charge in [0.05, 0.1) is 18.0 Å². The van der Waals surface area contributed by atoms with Crippen molar-refractivity contribution in [2.45, 2.75) is 13.0 Å². The molecule has 3 aromatic carbocycles. The minimum atomic E-state index is -0.791. The molecule has 0 aliphatic carbocycles. The molecule has 0 saturated carbocycles. The third-order valence-electron chi connectivity index (χ3n) is 5.15. The number of aliphatic hydroxyl groups is 1. The molecular formula is C27H28BrN3O5. The molecule has 2 atom stereocenters. The number of halogens is 1. The summed E-state index contributed by atoms with van der Waals surface area (Å²) in [5.41, 5.74) is 8.01. The van der Waals surface area contributed by atoms with Crippen molar-refractivity contribution in [1.82, 2.24) is 0 Å². The quantitative estimate of drug-likeness (QED) is 0.193. The molecule has 2 amide bonds. The first-order chi connectivity index (χ1) is 17.4. The number of para-hydroxylation sites is 3. The van der Waals surface area contributed by atoms with Gasteiger partial charge in [0, 0.05) is 21.6 Å². The van der Waals surface area contributed by atoms with E-state index in [0.29, 0.717) is 28.4 Å². The van der Waals surface area contributed by atoms with Crippen LogP contribution in [0.25, 0.3) is 0 Å². The molecule has 0 fully saturated rings. The van der Waals surface area contributed by atoms with Crippen molar-refractivity contribution < 1.29 is 24.2 Å². The number of nitrogen functional groups attached to an aromatic ring is 1. The number of anilines is 3. The van der Waals surface area contributed by atoms with Gasteiger partial charge in [0.1, 0.15) is 18.5 Å². The van der Waals surface area contributed by atoms with E-state index in [-0.39, 0.29) is 19.1 Å². The van der Waals surface area contributed by atoms with Gasteiger partial charge in [-0.15, -0.1) is 0 Å². The Morgan fingerprint density at radius 2 is 1.72 bits per heavy atom. The maximum absolute atomic E-state index is 12.8. The minimum absolute atomic E-state index is 0.0833. The minimum Gasteiger partial charge on any atom is -0.491 e. The molecule has 8 nitrogen and oxygen atoms in total. The van der Waals surface area contributed by atoms with Gasteiger partial charge in [-0.25, -0.2) is 4.79 Å². The van der Waals surface area contributed by atoms with Gasteiger partial charge in [-0.3, -0.25) is 10.1 Å². The van der Waals surface area contributed by atoms with E-state index in [1.807, 2.05) is 6.92 Å². The predicted molar refractivity (Wildman–Crippen MR) is 144 cm³/mol. The molecule has 0 bridgehead atoms. The molecular weight excluding hydrogens is 526 g/mol. The number of benzene rings is 3. The number of nitrogens with two attached hydrogens (primary N) is 1. The molecule has 188 valence electrons. The Kier molecular flexibility index (Phi) is 9.91. The van der Waals surface area contributed by atoms with Crippen molar-refractivity contribution in [3.05, 3.63) is 95.0 Å². The number of nitrogens with one attached hydrogen (secondary N) is 2. The van der Waals surface area contributed by atoms with Crippen LogP contribution < -0.4 is 21.1 Å². The summed E-state index contributed by atoms with van der Waals surface area (Å²) >= 11 is 3.36. The average molecular weight is 554 g/mol. The van der Waals surface area contributed by atoms with Gasteiger partial charge in [0.25, 0.3) is 0 Å². The fourth-order valence-electron chi connectivity index (χ4n) is 3.38. The van der Waals surface area contributed by atoms with Crippen LogP contribution in [0.3, 0.4) is 0 Å². The lowest BCUT2D eigenvalue weighted by molar-refractivity contribution is -0.111. The molecule has 0 radical (unpaired) electrons. The van der Waals surface area contributed by atoms with Crippen LogP contribution in [0.15, 0.2) is 89.4 Å². The van der Waals surface area contributed by atoms with E-state index < -0.39 is 18.1 Å². The van der Waals surface area contributed by atoms with Crippen LogP contribution in [0.4, 0.5) is 21.9 Å². The standard InChI is InChI=1S/C27H28BrN3O5/c1-18(10-15-25(33)31-23-8-4-3-7-22(23)29)26(21-6-2-5-9-24(21)35-17-16-32)36-27(34)30-20-13-11-19(28)12-14-20/h2-15,18,26,32H,16-17,29H2,1H3,(H,30,34)(H,31,33)/b15-10+/t18-,26-/m0/s1. The Labute approximate surface area is 218 Å². The van der Waals surface area contributed by atoms with Gasteiger partial charge in [0.2, 0.25) is 5.91 Å². The van der Waals surface area contributed by atoms with Gasteiger partial charge in [0.15, 0.2) is 0 Å². The largest absolute Gasteiger partial charge is 0.491 e. The average Bonchev–Trinajstić information content (AvgIpc) is 2.87. The summed E-state index contributed by atoms with van der Waals surface area (Å²) in [6, 6.07) is 21.1. The third kappa shape index (κ3) is 7.86. The van der Waals surface area contributed by atoms with E-state index in [0.717, 1.165) is 4.47 Å². The fourth-order valence-corrected chi connectivity index (χ4v) is 3.64. The summed E-state index contributed by atoms with van der Waals surface area (Å²) in [7, 11) is 0. The Morgan fingerprint density at radius 1 is 1.03 bits per heavy atom. The number of amides is 2.